The molecule has 3 heteroatoms. The van der Waals surface area contributed by atoms with Crippen LogP contribution >= 0.6 is 11.6 Å². The predicted molar refractivity (Wildman–Crippen MR) is 58.0 cm³/mol. The molecule has 0 aliphatic carbocycles. The van der Waals surface area contributed by atoms with Crippen LogP contribution < -0.4 is 4.74 Å². The van der Waals surface area contributed by atoms with Crippen LogP contribution in [-0.4, -0.2) is 12.1 Å². The molecule has 2 aromatic rings. The van der Waals surface area contributed by atoms with Crippen molar-refractivity contribution >= 4 is 22.4 Å². The molecule has 0 atom stereocenters. The monoisotopic (exact) mass is 207 g/mol. The van der Waals surface area contributed by atoms with E-state index in [1.807, 2.05) is 25.1 Å². The molecule has 2 rings (SSSR count). The van der Waals surface area contributed by atoms with Crippen molar-refractivity contribution in [3.05, 3.63) is 35.1 Å². The maximum absolute atomic E-state index is 5.97. The largest absolute Gasteiger partial charge is 0.496 e. The highest BCUT2D eigenvalue weighted by Gasteiger charge is 2.05. The van der Waals surface area contributed by atoms with E-state index in [9.17, 15) is 0 Å². The second kappa shape index (κ2) is 3.46. The number of hydrogen-bond donors (Lipinski definition) is 0. The normalized spacial score (nSPS) is 10.5. The molecule has 72 valence electrons. The first-order valence-corrected chi connectivity index (χ1v) is 4.69. The van der Waals surface area contributed by atoms with E-state index in [0.29, 0.717) is 5.15 Å². The Hall–Kier alpha value is -1.28. The summed E-state index contributed by atoms with van der Waals surface area (Å²) < 4.78 is 5.23. The van der Waals surface area contributed by atoms with Gasteiger partial charge in [0.2, 0.25) is 0 Å². The predicted octanol–water partition coefficient (Wildman–Crippen LogP) is 3.21. The third-order valence-corrected chi connectivity index (χ3v) is 2.64. The number of halogens is 1. The van der Waals surface area contributed by atoms with E-state index >= 15 is 0 Å². The zero-order valence-electron chi connectivity index (χ0n) is 8.04. The summed E-state index contributed by atoms with van der Waals surface area (Å²) in [4.78, 5) is 4.03. The lowest BCUT2D eigenvalue weighted by Gasteiger charge is -2.08. The maximum Gasteiger partial charge on any atom is 0.136 e. The molecule has 1 aromatic heterocycles. The first-order valence-electron chi connectivity index (χ1n) is 4.32. The fraction of sp³-hybridized carbons (Fsp3) is 0.182. The van der Waals surface area contributed by atoms with Crippen LogP contribution in [0.3, 0.4) is 0 Å². The number of hydrogen-bond acceptors (Lipinski definition) is 2. The minimum atomic E-state index is 0.535. The lowest BCUT2D eigenvalue weighted by Crippen LogP contribution is -1.89. The fourth-order valence-corrected chi connectivity index (χ4v) is 1.79. The van der Waals surface area contributed by atoms with Gasteiger partial charge in [-0.3, -0.25) is 0 Å². The van der Waals surface area contributed by atoms with Crippen LogP contribution in [0.4, 0.5) is 0 Å². The highest BCUT2D eigenvalue weighted by Crippen LogP contribution is 2.29. The fourth-order valence-electron chi connectivity index (χ4n) is 1.57. The Kier molecular flexibility index (Phi) is 2.30. The van der Waals surface area contributed by atoms with Crippen LogP contribution in [0.1, 0.15) is 5.56 Å². The Labute approximate surface area is 87.5 Å². The van der Waals surface area contributed by atoms with Crippen LogP contribution in [-0.2, 0) is 0 Å². The standard InChI is InChI=1S/C11H10ClNO/c1-7-8-5-6-13-11(12)9(8)3-4-10(7)14-2/h3-6H,1-2H3. The Morgan fingerprint density at radius 1 is 1.21 bits per heavy atom. The molecule has 14 heavy (non-hydrogen) atoms. The Morgan fingerprint density at radius 3 is 2.71 bits per heavy atom. The number of ether oxygens (including phenoxy) is 1. The summed E-state index contributed by atoms with van der Waals surface area (Å²) in [6.07, 6.45) is 1.71. The van der Waals surface area contributed by atoms with Gasteiger partial charge >= 0.3 is 0 Å². The number of aromatic nitrogens is 1. The van der Waals surface area contributed by atoms with Gasteiger partial charge in [-0.25, -0.2) is 4.98 Å². The van der Waals surface area contributed by atoms with Crippen LogP contribution in [0.15, 0.2) is 24.4 Å². The zero-order valence-corrected chi connectivity index (χ0v) is 8.80. The van der Waals surface area contributed by atoms with E-state index < -0.39 is 0 Å². The van der Waals surface area contributed by atoms with Crippen molar-refractivity contribution in [2.24, 2.45) is 0 Å². The number of fused-ring (bicyclic) bond motifs is 1. The second-order valence-electron chi connectivity index (χ2n) is 3.09. The van der Waals surface area contributed by atoms with Gasteiger partial charge in [-0.1, -0.05) is 11.6 Å². The topological polar surface area (TPSA) is 22.1 Å². The number of aryl methyl sites for hydroxylation is 1. The molecule has 0 N–H and O–H groups in total. The molecule has 0 spiro atoms. The molecule has 1 heterocycles. The Bertz CT molecular complexity index is 482. The molecule has 0 unspecified atom stereocenters. The second-order valence-corrected chi connectivity index (χ2v) is 3.45. The van der Waals surface area contributed by atoms with Gasteiger partial charge in [-0.15, -0.1) is 0 Å². The molecule has 0 bridgehead atoms. The van der Waals surface area contributed by atoms with Gasteiger partial charge in [0.15, 0.2) is 0 Å². The summed E-state index contributed by atoms with van der Waals surface area (Å²) in [5, 5.41) is 2.59. The SMILES string of the molecule is COc1ccc2c(Cl)nccc2c1C. The quantitative estimate of drug-likeness (QED) is 0.670. The number of benzene rings is 1. The Morgan fingerprint density at radius 2 is 2.00 bits per heavy atom. The summed E-state index contributed by atoms with van der Waals surface area (Å²) in [5.41, 5.74) is 1.09. The molecule has 0 aliphatic heterocycles. The van der Waals surface area contributed by atoms with Crippen molar-refractivity contribution in [2.75, 3.05) is 7.11 Å². The number of methoxy groups -OCH3 is 1. The molecule has 0 radical (unpaired) electrons. The average Bonchev–Trinajstić information content (AvgIpc) is 2.20. The summed E-state index contributed by atoms with van der Waals surface area (Å²) in [7, 11) is 1.66. The van der Waals surface area contributed by atoms with Gasteiger partial charge in [-0.2, -0.15) is 0 Å². The third kappa shape index (κ3) is 1.32. The first kappa shape index (κ1) is 9.28. The van der Waals surface area contributed by atoms with Gasteiger partial charge in [-0.05, 0) is 36.1 Å². The molecule has 0 fully saturated rings. The molecule has 1 aromatic carbocycles. The molecule has 0 saturated heterocycles. The van der Waals surface area contributed by atoms with Crippen LogP contribution in [0.5, 0.6) is 5.75 Å². The minimum absolute atomic E-state index is 0.535. The van der Waals surface area contributed by atoms with Gasteiger partial charge in [0, 0.05) is 11.6 Å². The van der Waals surface area contributed by atoms with Gasteiger partial charge in [0.05, 0.1) is 7.11 Å². The van der Waals surface area contributed by atoms with E-state index in [1.165, 1.54) is 0 Å². The molecular formula is C11H10ClNO. The minimum Gasteiger partial charge on any atom is -0.496 e. The molecule has 0 amide bonds. The molecule has 2 nitrogen and oxygen atoms in total. The van der Waals surface area contributed by atoms with E-state index in [-0.39, 0.29) is 0 Å². The van der Waals surface area contributed by atoms with Gasteiger partial charge < -0.3 is 4.74 Å². The summed E-state index contributed by atoms with van der Waals surface area (Å²) >= 11 is 5.97. The number of rotatable bonds is 1. The van der Waals surface area contributed by atoms with Crippen LogP contribution in [0, 0.1) is 6.92 Å². The highest BCUT2D eigenvalue weighted by molar-refractivity contribution is 6.34. The van der Waals surface area contributed by atoms with Gasteiger partial charge in [0.1, 0.15) is 10.9 Å². The van der Waals surface area contributed by atoms with Crippen molar-refractivity contribution < 1.29 is 4.74 Å². The number of nitrogens with zero attached hydrogens (tertiary/aromatic N) is 1. The Balaban J connectivity index is 2.84. The lowest BCUT2D eigenvalue weighted by atomic mass is 10.1. The average molecular weight is 208 g/mol. The van der Waals surface area contributed by atoms with E-state index in [2.05, 4.69) is 4.98 Å². The van der Waals surface area contributed by atoms with Crippen molar-refractivity contribution in [2.45, 2.75) is 6.92 Å². The summed E-state index contributed by atoms with van der Waals surface area (Å²) in [5.74, 6) is 0.875. The van der Waals surface area contributed by atoms with E-state index in [1.54, 1.807) is 13.3 Å². The van der Waals surface area contributed by atoms with Gasteiger partial charge in [0.25, 0.3) is 0 Å². The zero-order chi connectivity index (χ0) is 10.1. The molecular weight excluding hydrogens is 198 g/mol. The summed E-state index contributed by atoms with van der Waals surface area (Å²) in [6.45, 7) is 2.01. The van der Waals surface area contributed by atoms with Crippen molar-refractivity contribution in [3.8, 4) is 5.75 Å². The lowest BCUT2D eigenvalue weighted by molar-refractivity contribution is 0.412. The van der Waals surface area contributed by atoms with Crippen molar-refractivity contribution in [3.63, 3.8) is 0 Å². The van der Waals surface area contributed by atoms with Crippen molar-refractivity contribution in [1.29, 1.82) is 0 Å². The number of pyridine rings is 1. The highest BCUT2D eigenvalue weighted by atomic mass is 35.5. The molecule has 0 saturated carbocycles. The van der Waals surface area contributed by atoms with Crippen LogP contribution in [0.2, 0.25) is 5.15 Å². The maximum atomic E-state index is 5.97. The van der Waals surface area contributed by atoms with E-state index in [0.717, 1.165) is 22.1 Å². The van der Waals surface area contributed by atoms with E-state index in [4.69, 9.17) is 16.3 Å². The first-order chi connectivity index (χ1) is 6.74. The summed E-state index contributed by atoms with van der Waals surface area (Å²) in [6, 6.07) is 5.78. The smallest absolute Gasteiger partial charge is 0.136 e. The molecule has 0 aliphatic rings. The third-order valence-electron chi connectivity index (χ3n) is 2.34. The van der Waals surface area contributed by atoms with Crippen molar-refractivity contribution in [1.82, 2.24) is 4.98 Å². The van der Waals surface area contributed by atoms with Crippen LogP contribution in [0.25, 0.3) is 10.8 Å².